The molecule has 2 N–H and O–H groups in total. The molecule has 2 aliphatic rings. The zero-order chi connectivity index (χ0) is 24.6. The van der Waals surface area contributed by atoms with Crippen molar-refractivity contribution in [2.24, 2.45) is 5.92 Å². The van der Waals surface area contributed by atoms with Gasteiger partial charge in [0, 0.05) is 5.39 Å². The van der Waals surface area contributed by atoms with E-state index >= 15 is 0 Å². The van der Waals surface area contributed by atoms with Gasteiger partial charge < -0.3 is 10.1 Å². The van der Waals surface area contributed by atoms with Crippen molar-refractivity contribution in [2.45, 2.75) is 38.1 Å². The van der Waals surface area contributed by atoms with E-state index in [-0.39, 0.29) is 5.56 Å². The van der Waals surface area contributed by atoms with Crippen molar-refractivity contribution in [1.29, 1.82) is 0 Å². The number of thiophene rings is 1. The maximum absolute atomic E-state index is 12.9. The van der Waals surface area contributed by atoms with E-state index in [2.05, 4.69) is 22.7 Å². The first-order chi connectivity index (χ1) is 16.9. The molecule has 1 aromatic carbocycles. The van der Waals surface area contributed by atoms with Crippen LogP contribution >= 0.6 is 11.3 Å². The molecule has 4 amide bonds. The first kappa shape index (κ1) is 23.0. The van der Waals surface area contributed by atoms with Gasteiger partial charge in [-0.15, -0.1) is 11.3 Å². The number of hydrogen-bond acceptors (Lipinski definition) is 7. The number of fused-ring (bicyclic) bond motifs is 1. The summed E-state index contributed by atoms with van der Waals surface area (Å²) in [7, 11) is 0. The molecule has 0 bridgehead atoms. The summed E-state index contributed by atoms with van der Waals surface area (Å²) in [5.41, 5.74) is 2.84. The SMILES string of the molecule is CC1CCC2(CC1)NC(=O)N(NC(=O)COC(=O)c1cc(-c3cccs3)nc3ccccc13)C2=O. The van der Waals surface area contributed by atoms with Crippen molar-refractivity contribution in [2.75, 3.05) is 6.61 Å². The van der Waals surface area contributed by atoms with Crippen molar-refractivity contribution in [1.82, 2.24) is 20.7 Å². The molecule has 3 heterocycles. The number of ether oxygens (including phenoxy) is 1. The number of carbonyl (C=O) groups excluding carboxylic acids is 4. The normalized spacial score (nSPS) is 21.9. The number of esters is 1. The van der Waals surface area contributed by atoms with Crippen molar-refractivity contribution in [3.05, 3.63) is 53.4 Å². The third kappa shape index (κ3) is 4.37. The predicted molar refractivity (Wildman–Crippen MR) is 129 cm³/mol. The lowest BCUT2D eigenvalue weighted by molar-refractivity contribution is -0.141. The fraction of sp³-hybridized carbons (Fsp3) is 0.320. The van der Waals surface area contributed by atoms with Gasteiger partial charge in [0.05, 0.1) is 21.7 Å². The lowest BCUT2D eigenvalue weighted by atomic mass is 9.77. The molecule has 3 aromatic rings. The highest BCUT2D eigenvalue weighted by Gasteiger charge is 2.52. The van der Waals surface area contributed by atoms with E-state index < -0.39 is 36.0 Å². The minimum Gasteiger partial charge on any atom is -0.452 e. The number of carbonyl (C=O) groups is 4. The molecule has 180 valence electrons. The Morgan fingerprint density at radius 2 is 1.97 bits per heavy atom. The van der Waals surface area contributed by atoms with Crippen LogP contribution in [0.25, 0.3) is 21.5 Å². The van der Waals surface area contributed by atoms with Crippen LogP contribution in [0.3, 0.4) is 0 Å². The van der Waals surface area contributed by atoms with E-state index in [9.17, 15) is 19.2 Å². The van der Waals surface area contributed by atoms with Gasteiger partial charge in [-0.05, 0) is 55.2 Å². The molecular formula is C25H24N4O5S. The van der Waals surface area contributed by atoms with Gasteiger partial charge in [-0.2, -0.15) is 5.01 Å². The zero-order valence-corrected chi connectivity index (χ0v) is 19.9. The number of imide groups is 1. The zero-order valence-electron chi connectivity index (χ0n) is 19.1. The highest BCUT2D eigenvalue weighted by molar-refractivity contribution is 7.13. The smallest absolute Gasteiger partial charge is 0.344 e. The topological polar surface area (TPSA) is 118 Å². The summed E-state index contributed by atoms with van der Waals surface area (Å²) < 4.78 is 5.26. The van der Waals surface area contributed by atoms with Crippen LogP contribution in [-0.2, 0) is 14.3 Å². The maximum Gasteiger partial charge on any atom is 0.344 e. The molecule has 10 heteroatoms. The van der Waals surface area contributed by atoms with Gasteiger partial charge in [0.1, 0.15) is 5.54 Å². The Labute approximate surface area is 205 Å². The Balaban J connectivity index is 1.27. The number of nitrogens with zero attached hydrogens (tertiary/aromatic N) is 2. The minimum absolute atomic E-state index is 0.275. The van der Waals surface area contributed by atoms with Crippen LogP contribution in [0.2, 0.25) is 0 Å². The number of amides is 4. The van der Waals surface area contributed by atoms with Gasteiger partial charge in [0.25, 0.3) is 11.8 Å². The fourth-order valence-electron chi connectivity index (χ4n) is 4.58. The number of aromatic nitrogens is 1. The summed E-state index contributed by atoms with van der Waals surface area (Å²) in [6, 6.07) is 11.9. The largest absolute Gasteiger partial charge is 0.452 e. The molecule has 0 radical (unpaired) electrons. The van der Waals surface area contributed by atoms with Gasteiger partial charge in [-0.3, -0.25) is 15.0 Å². The third-order valence-corrected chi connectivity index (χ3v) is 7.46. The molecule has 1 spiro atoms. The quantitative estimate of drug-likeness (QED) is 0.415. The highest BCUT2D eigenvalue weighted by Crippen LogP contribution is 2.35. The average molecular weight is 493 g/mol. The summed E-state index contributed by atoms with van der Waals surface area (Å²) in [6.07, 6.45) is 2.70. The third-order valence-electron chi connectivity index (χ3n) is 6.57. The average Bonchev–Trinajstić information content (AvgIpc) is 3.48. The number of hydrogen-bond donors (Lipinski definition) is 2. The molecule has 0 unspecified atom stereocenters. The van der Waals surface area contributed by atoms with Gasteiger partial charge in [-0.1, -0.05) is 31.2 Å². The van der Waals surface area contributed by atoms with Gasteiger partial charge in [0.15, 0.2) is 6.61 Å². The number of urea groups is 1. The Kier molecular flexibility index (Phi) is 5.98. The fourth-order valence-corrected chi connectivity index (χ4v) is 5.26. The Morgan fingerprint density at radius 1 is 1.20 bits per heavy atom. The Morgan fingerprint density at radius 3 is 2.71 bits per heavy atom. The highest BCUT2D eigenvalue weighted by atomic mass is 32.1. The summed E-state index contributed by atoms with van der Waals surface area (Å²) in [5, 5.41) is 5.95. The number of nitrogens with one attached hydrogen (secondary N) is 2. The van der Waals surface area contributed by atoms with Gasteiger partial charge >= 0.3 is 12.0 Å². The van der Waals surface area contributed by atoms with Crippen LogP contribution in [0.1, 0.15) is 43.0 Å². The first-order valence-electron chi connectivity index (χ1n) is 11.4. The summed E-state index contributed by atoms with van der Waals surface area (Å²) in [6.45, 7) is 1.46. The van der Waals surface area contributed by atoms with Crippen molar-refractivity contribution in [3.63, 3.8) is 0 Å². The van der Waals surface area contributed by atoms with Crippen molar-refractivity contribution >= 4 is 46.1 Å². The van der Waals surface area contributed by atoms with E-state index in [1.165, 1.54) is 11.3 Å². The molecule has 35 heavy (non-hydrogen) atoms. The van der Waals surface area contributed by atoms with Crippen LogP contribution < -0.4 is 10.7 Å². The van der Waals surface area contributed by atoms with E-state index in [4.69, 9.17) is 4.74 Å². The summed E-state index contributed by atoms with van der Waals surface area (Å²) in [4.78, 5) is 56.3. The van der Waals surface area contributed by atoms with E-state index in [0.29, 0.717) is 40.4 Å². The number of pyridine rings is 1. The molecule has 1 aliphatic heterocycles. The number of rotatable bonds is 5. The molecule has 5 rings (SSSR count). The number of benzene rings is 1. The van der Waals surface area contributed by atoms with Gasteiger partial charge in [0.2, 0.25) is 0 Å². The Hall–Kier alpha value is -3.79. The van der Waals surface area contributed by atoms with Crippen LogP contribution in [0.15, 0.2) is 47.8 Å². The minimum atomic E-state index is -0.971. The number of hydrazine groups is 1. The second-order valence-corrected chi connectivity index (χ2v) is 9.94. The lowest BCUT2D eigenvalue weighted by Gasteiger charge is -2.33. The summed E-state index contributed by atoms with van der Waals surface area (Å²) in [5.74, 6) is -1.47. The van der Waals surface area contributed by atoms with Crippen LogP contribution in [-0.4, -0.2) is 46.0 Å². The first-order valence-corrected chi connectivity index (χ1v) is 12.3. The van der Waals surface area contributed by atoms with Crippen molar-refractivity contribution < 1.29 is 23.9 Å². The van der Waals surface area contributed by atoms with Gasteiger partial charge in [-0.25, -0.2) is 14.6 Å². The lowest BCUT2D eigenvalue weighted by Crippen LogP contribution is -2.52. The number of para-hydroxylation sites is 1. The van der Waals surface area contributed by atoms with E-state index in [1.807, 2.05) is 23.6 Å². The van der Waals surface area contributed by atoms with E-state index in [1.54, 1.807) is 24.3 Å². The maximum atomic E-state index is 12.9. The van der Waals surface area contributed by atoms with Crippen LogP contribution in [0, 0.1) is 5.92 Å². The molecule has 1 saturated heterocycles. The molecule has 1 saturated carbocycles. The van der Waals surface area contributed by atoms with E-state index in [0.717, 1.165) is 17.7 Å². The molecule has 0 atom stereocenters. The molecule has 2 aromatic heterocycles. The van der Waals surface area contributed by atoms with Crippen LogP contribution in [0.4, 0.5) is 4.79 Å². The van der Waals surface area contributed by atoms with Crippen molar-refractivity contribution in [3.8, 4) is 10.6 Å². The Bertz CT molecular complexity index is 1310. The molecule has 1 aliphatic carbocycles. The second kappa shape index (κ2) is 9.10. The summed E-state index contributed by atoms with van der Waals surface area (Å²) >= 11 is 1.50. The second-order valence-electron chi connectivity index (χ2n) is 9.00. The standard InChI is InChI=1S/C25H24N4O5S/c1-15-8-10-25(11-9-15)23(32)29(24(33)27-25)28-21(30)14-34-22(31)17-13-19(20-7-4-12-35-20)26-18-6-3-2-5-16(17)18/h2-7,12-13,15H,8-11,14H2,1H3,(H,27,33)(H,28,30). The molecule has 2 fully saturated rings. The molecular weight excluding hydrogens is 468 g/mol. The monoisotopic (exact) mass is 492 g/mol. The predicted octanol–water partition coefficient (Wildman–Crippen LogP) is 3.65. The molecule has 9 nitrogen and oxygen atoms in total. The van der Waals surface area contributed by atoms with Crippen LogP contribution in [0.5, 0.6) is 0 Å².